The van der Waals surface area contributed by atoms with E-state index in [1.54, 1.807) is 13.2 Å². The van der Waals surface area contributed by atoms with Crippen molar-refractivity contribution in [2.75, 3.05) is 26.8 Å². The van der Waals surface area contributed by atoms with Gasteiger partial charge in [0, 0.05) is 25.8 Å². The zero-order chi connectivity index (χ0) is 13.0. The molecule has 100 valence electrons. The fourth-order valence-corrected chi connectivity index (χ4v) is 2.87. The molecule has 1 aromatic heterocycles. The molecular formula is C13H18Cl2N2O. The lowest BCUT2D eigenvalue weighted by Gasteiger charge is -2.32. The standard InChI is InChI=1S/C13H18Cl2N2O/c1-18-9-10-3-2-6-17(7-10)8-11-4-5-12(14)16-13(11)15/h4-5,10H,2-3,6-9H2,1H3. The van der Waals surface area contributed by atoms with Gasteiger partial charge in [-0.05, 0) is 31.4 Å². The second kappa shape index (κ2) is 6.71. The van der Waals surface area contributed by atoms with Crippen molar-refractivity contribution in [3.63, 3.8) is 0 Å². The molecule has 0 aliphatic carbocycles. The first-order chi connectivity index (χ1) is 8.69. The Morgan fingerprint density at radius 2 is 2.28 bits per heavy atom. The molecule has 5 heteroatoms. The number of methoxy groups -OCH3 is 1. The summed E-state index contributed by atoms with van der Waals surface area (Å²) < 4.78 is 5.24. The number of hydrogen-bond donors (Lipinski definition) is 0. The van der Waals surface area contributed by atoms with Crippen LogP contribution in [0, 0.1) is 5.92 Å². The van der Waals surface area contributed by atoms with Crippen LogP contribution in [0.3, 0.4) is 0 Å². The summed E-state index contributed by atoms with van der Waals surface area (Å²) in [7, 11) is 1.76. The number of piperidine rings is 1. The van der Waals surface area contributed by atoms with Crippen molar-refractivity contribution < 1.29 is 4.74 Å². The molecule has 0 bridgehead atoms. The largest absolute Gasteiger partial charge is 0.384 e. The Balaban J connectivity index is 1.96. The van der Waals surface area contributed by atoms with Gasteiger partial charge in [0.25, 0.3) is 0 Å². The van der Waals surface area contributed by atoms with Gasteiger partial charge >= 0.3 is 0 Å². The molecule has 1 aliphatic rings. The van der Waals surface area contributed by atoms with Crippen LogP contribution >= 0.6 is 23.2 Å². The van der Waals surface area contributed by atoms with Crippen molar-refractivity contribution in [2.24, 2.45) is 5.92 Å². The van der Waals surface area contributed by atoms with Crippen LogP contribution in [0.25, 0.3) is 0 Å². The molecule has 0 saturated carbocycles. The summed E-state index contributed by atoms with van der Waals surface area (Å²) in [5, 5.41) is 0.955. The minimum absolute atomic E-state index is 0.444. The van der Waals surface area contributed by atoms with Crippen LogP contribution in [0.1, 0.15) is 18.4 Å². The molecule has 0 N–H and O–H groups in total. The number of aromatic nitrogens is 1. The van der Waals surface area contributed by atoms with E-state index in [0.29, 0.717) is 16.2 Å². The molecule has 1 atom stereocenters. The molecule has 0 aromatic carbocycles. The highest BCUT2D eigenvalue weighted by atomic mass is 35.5. The zero-order valence-corrected chi connectivity index (χ0v) is 12.0. The number of nitrogens with zero attached hydrogens (tertiary/aromatic N) is 2. The number of pyridine rings is 1. The van der Waals surface area contributed by atoms with Crippen LogP contribution in [0.15, 0.2) is 12.1 Å². The molecule has 2 rings (SSSR count). The lowest BCUT2D eigenvalue weighted by Crippen LogP contribution is -2.36. The SMILES string of the molecule is COCC1CCCN(Cc2ccc(Cl)nc2Cl)C1. The third-order valence-electron chi connectivity index (χ3n) is 3.29. The summed E-state index contributed by atoms with van der Waals surface area (Å²) in [6, 6.07) is 3.75. The van der Waals surface area contributed by atoms with E-state index in [4.69, 9.17) is 27.9 Å². The van der Waals surface area contributed by atoms with Gasteiger partial charge in [-0.25, -0.2) is 4.98 Å². The van der Waals surface area contributed by atoms with Crippen molar-refractivity contribution in [3.8, 4) is 0 Å². The Morgan fingerprint density at radius 1 is 1.44 bits per heavy atom. The van der Waals surface area contributed by atoms with Crippen molar-refractivity contribution in [1.82, 2.24) is 9.88 Å². The van der Waals surface area contributed by atoms with Crippen LogP contribution in [0.4, 0.5) is 0 Å². The molecule has 0 radical (unpaired) electrons. The molecule has 1 aromatic rings. The molecule has 1 aliphatic heterocycles. The summed E-state index contributed by atoms with van der Waals surface area (Å²) in [4.78, 5) is 6.48. The number of halogens is 2. The third-order valence-corrected chi connectivity index (χ3v) is 3.83. The average Bonchev–Trinajstić information content (AvgIpc) is 2.34. The van der Waals surface area contributed by atoms with Gasteiger partial charge in [0.1, 0.15) is 10.3 Å². The van der Waals surface area contributed by atoms with Gasteiger partial charge in [-0.3, -0.25) is 4.90 Å². The van der Waals surface area contributed by atoms with Gasteiger partial charge < -0.3 is 4.74 Å². The number of likely N-dealkylation sites (tertiary alicyclic amines) is 1. The first kappa shape index (κ1) is 14.1. The average molecular weight is 289 g/mol. The summed E-state index contributed by atoms with van der Waals surface area (Å²) in [6.07, 6.45) is 2.46. The normalized spacial score (nSPS) is 21.2. The number of hydrogen-bond acceptors (Lipinski definition) is 3. The minimum atomic E-state index is 0.444. The second-order valence-electron chi connectivity index (χ2n) is 4.78. The van der Waals surface area contributed by atoms with Crippen LogP contribution in [-0.4, -0.2) is 36.7 Å². The second-order valence-corrected chi connectivity index (χ2v) is 5.53. The van der Waals surface area contributed by atoms with Crippen molar-refractivity contribution in [3.05, 3.63) is 28.0 Å². The Morgan fingerprint density at radius 3 is 3.00 bits per heavy atom. The lowest BCUT2D eigenvalue weighted by molar-refractivity contribution is 0.0873. The zero-order valence-electron chi connectivity index (χ0n) is 10.5. The highest BCUT2D eigenvalue weighted by Gasteiger charge is 2.20. The first-order valence-corrected chi connectivity index (χ1v) is 6.97. The van der Waals surface area contributed by atoms with E-state index in [9.17, 15) is 0 Å². The van der Waals surface area contributed by atoms with Crippen molar-refractivity contribution in [2.45, 2.75) is 19.4 Å². The van der Waals surface area contributed by atoms with Crippen LogP contribution in [-0.2, 0) is 11.3 Å². The van der Waals surface area contributed by atoms with E-state index < -0.39 is 0 Å². The summed E-state index contributed by atoms with van der Waals surface area (Å²) in [5.41, 5.74) is 1.04. The van der Waals surface area contributed by atoms with Gasteiger partial charge in [0.15, 0.2) is 0 Å². The fraction of sp³-hybridized carbons (Fsp3) is 0.615. The monoisotopic (exact) mass is 288 g/mol. The maximum absolute atomic E-state index is 6.10. The summed E-state index contributed by atoms with van der Waals surface area (Å²) in [6.45, 7) is 3.85. The molecule has 1 fully saturated rings. The van der Waals surface area contributed by atoms with Gasteiger partial charge in [0.2, 0.25) is 0 Å². The van der Waals surface area contributed by atoms with E-state index >= 15 is 0 Å². The Hall–Kier alpha value is -0.350. The van der Waals surface area contributed by atoms with Gasteiger partial charge in [-0.2, -0.15) is 0 Å². The Kier molecular flexibility index (Phi) is 5.25. The topological polar surface area (TPSA) is 25.4 Å². The van der Waals surface area contributed by atoms with Crippen LogP contribution < -0.4 is 0 Å². The van der Waals surface area contributed by atoms with E-state index in [1.807, 2.05) is 6.07 Å². The molecular weight excluding hydrogens is 271 g/mol. The van der Waals surface area contributed by atoms with Gasteiger partial charge in [0.05, 0.1) is 6.61 Å². The quantitative estimate of drug-likeness (QED) is 0.796. The van der Waals surface area contributed by atoms with Gasteiger partial charge in [-0.1, -0.05) is 29.3 Å². The first-order valence-electron chi connectivity index (χ1n) is 6.21. The molecule has 3 nitrogen and oxygen atoms in total. The van der Waals surface area contributed by atoms with Crippen molar-refractivity contribution in [1.29, 1.82) is 0 Å². The van der Waals surface area contributed by atoms with Crippen LogP contribution in [0.2, 0.25) is 10.3 Å². The number of rotatable bonds is 4. The molecule has 0 amide bonds. The Bertz CT molecular complexity index is 399. The smallest absolute Gasteiger partial charge is 0.135 e. The lowest BCUT2D eigenvalue weighted by atomic mass is 9.98. The van der Waals surface area contributed by atoms with Gasteiger partial charge in [-0.15, -0.1) is 0 Å². The summed E-state index contributed by atoms with van der Waals surface area (Å²) >= 11 is 11.9. The van der Waals surface area contributed by atoms with Crippen LogP contribution in [0.5, 0.6) is 0 Å². The van der Waals surface area contributed by atoms with E-state index in [-0.39, 0.29) is 0 Å². The third kappa shape index (κ3) is 3.82. The molecule has 18 heavy (non-hydrogen) atoms. The van der Waals surface area contributed by atoms with E-state index in [0.717, 1.165) is 31.8 Å². The summed E-state index contributed by atoms with van der Waals surface area (Å²) in [5.74, 6) is 0.628. The predicted octanol–water partition coefficient (Wildman–Crippen LogP) is 3.25. The fourth-order valence-electron chi connectivity index (χ4n) is 2.47. The predicted molar refractivity (Wildman–Crippen MR) is 74.1 cm³/mol. The molecule has 1 unspecified atom stereocenters. The maximum Gasteiger partial charge on any atom is 0.135 e. The molecule has 1 saturated heterocycles. The maximum atomic E-state index is 6.10. The van der Waals surface area contributed by atoms with E-state index in [1.165, 1.54) is 12.8 Å². The van der Waals surface area contributed by atoms with E-state index in [2.05, 4.69) is 9.88 Å². The molecule has 2 heterocycles. The number of ether oxygens (including phenoxy) is 1. The molecule has 0 spiro atoms. The highest BCUT2D eigenvalue weighted by molar-refractivity contribution is 6.32. The Labute approximate surface area is 118 Å². The minimum Gasteiger partial charge on any atom is -0.384 e. The highest BCUT2D eigenvalue weighted by Crippen LogP contribution is 2.22. The van der Waals surface area contributed by atoms with Crippen molar-refractivity contribution >= 4 is 23.2 Å².